The summed E-state index contributed by atoms with van der Waals surface area (Å²) in [5, 5.41) is 2.70. The summed E-state index contributed by atoms with van der Waals surface area (Å²) < 4.78 is 42.2. The average molecular weight is 463 g/mol. The van der Waals surface area contributed by atoms with Gasteiger partial charge < -0.3 is 19.5 Å². The van der Waals surface area contributed by atoms with E-state index in [9.17, 15) is 18.0 Å². The molecule has 2 aromatic rings. The second-order valence-corrected chi connectivity index (χ2v) is 8.94. The van der Waals surface area contributed by atoms with Crippen LogP contribution in [0.2, 0.25) is 0 Å². The summed E-state index contributed by atoms with van der Waals surface area (Å²) in [6.45, 7) is 3.25. The predicted molar refractivity (Wildman–Crippen MR) is 117 cm³/mol. The number of rotatable bonds is 9. The Hall–Kier alpha value is -2.95. The number of hydrogen-bond donors (Lipinski definition) is 1. The maximum absolute atomic E-state index is 12.6. The van der Waals surface area contributed by atoms with Gasteiger partial charge in [-0.05, 0) is 48.9 Å². The molecule has 0 saturated carbocycles. The molecule has 0 spiro atoms. The maximum atomic E-state index is 12.6. The molecule has 172 valence electrons. The third-order valence-electron chi connectivity index (χ3n) is 4.69. The topological polar surface area (TPSA) is 111 Å². The summed E-state index contributed by atoms with van der Waals surface area (Å²) in [4.78, 5) is 23.8. The molecule has 0 unspecified atom stereocenters. The smallest absolute Gasteiger partial charge is 0.310 e. The lowest BCUT2D eigenvalue weighted by atomic mass is 10.1. The van der Waals surface area contributed by atoms with Gasteiger partial charge in [0, 0.05) is 18.8 Å². The number of esters is 1. The van der Waals surface area contributed by atoms with Crippen LogP contribution in [-0.2, 0) is 35.5 Å². The summed E-state index contributed by atoms with van der Waals surface area (Å²) in [5.41, 5.74) is 1.35. The van der Waals surface area contributed by atoms with E-state index in [1.807, 2.05) is 0 Å². The number of morpholine rings is 1. The Balaban J connectivity index is 1.49. The van der Waals surface area contributed by atoms with Crippen LogP contribution in [0.5, 0.6) is 5.75 Å². The molecule has 0 aromatic heterocycles. The summed E-state index contributed by atoms with van der Waals surface area (Å²) in [5.74, 6) is -0.291. The van der Waals surface area contributed by atoms with Crippen LogP contribution in [0, 0.1) is 0 Å². The maximum Gasteiger partial charge on any atom is 0.310 e. The van der Waals surface area contributed by atoms with E-state index in [4.69, 9.17) is 14.2 Å². The molecule has 9 nitrogen and oxygen atoms in total. The highest BCUT2D eigenvalue weighted by Crippen LogP contribution is 2.20. The number of hydrogen-bond acceptors (Lipinski definition) is 7. The minimum absolute atomic E-state index is 0.166. The summed E-state index contributed by atoms with van der Waals surface area (Å²) in [6.07, 6.45) is 0.169. The monoisotopic (exact) mass is 462 g/mol. The van der Waals surface area contributed by atoms with E-state index in [1.165, 1.54) is 28.6 Å². The first kappa shape index (κ1) is 23.7. The molecule has 0 atom stereocenters. The lowest BCUT2D eigenvalue weighted by Gasteiger charge is -2.26. The molecule has 3 rings (SSSR count). The number of carbonyl (C=O) groups excluding carboxylic acids is 2. The molecule has 1 saturated heterocycles. The molecule has 0 bridgehead atoms. The Labute approximate surface area is 187 Å². The van der Waals surface area contributed by atoms with Crippen LogP contribution in [0.25, 0.3) is 0 Å². The van der Waals surface area contributed by atoms with Crippen molar-refractivity contribution in [3.05, 3.63) is 54.1 Å². The lowest BCUT2D eigenvalue weighted by Crippen LogP contribution is -2.40. The Morgan fingerprint density at radius 3 is 2.31 bits per heavy atom. The molecule has 0 aliphatic carbocycles. The summed E-state index contributed by atoms with van der Waals surface area (Å²) in [7, 11) is -3.58. The molecule has 0 radical (unpaired) electrons. The molecular weight excluding hydrogens is 436 g/mol. The first-order chi connectivity index (χ1) is 15.4. The third kappa shape index (κ3) is 6.52. The zero-order chi connectivity index (χ0) is 23.0. The van der Waals surface area contributed by atoms with Gasteiger partial charge in [0.1, 0.15) is 5.75 Å². The molecular formula is C22H26N2O7S. The molecule has 2 aromatic carbocycles. The van der Waals surface area contributed by atoms with Gasteiger partial charge in [-0.1, -0.05) is 12.1 Å². The Bertz CT molecular complexity index is 1020. The normalized spacial score (nSPS) is 14.5. The van der Waals surface area contributed by atoms with Crippen molar-refractivity contribution in [2.24, 2.45) is 0 Å². The fourth-order valence-corrected chi connectivity index (χ4v) is 4.48. The number of anilines is 1. The fraction of sp³-hybridized carbons (Fsp3) is 0.364. The summed E-state index contributed by atoms with van der Waals surface area (Å²) >= 11 is 0. The molecule has 1 heterocycles. The second kappa shape index (κ2) is 11.1. The van der Waals surface area contributed by atoms with Gasteiger partial charge in [-0.25, -0.2) is 8.42 Å². The van der Waals surface area contributed by atoms with Crippen LogP contribution in [0.3, 0.4) is 0 Å². The van der Waals surface area contributed by atoms with Crippen molar-refractivity contribution >= 4 is 27.6 Å². The SMILES string of the molecule is CCOC(=O)Cc1ccc(NC(=O)COc2ccc(S(=O)(=O)N3CCOCC3)cc2)cc1. The van der Waals surface area contributed by atoms with E-state index in [2.05, 4.69) is 5.32 Å². The molecule has 1 amide bonds. The van der Waals surface area contributed by atoms with Crippen molar-refractivity contribution in [2.75, 3.05) is 44.8 Å². The van der Waals surface area contributed by atoms with E-state index in [0.29, 0.717) is 44.3 Å². The van der Waals surface area contributed by atoms with Gasteiger partial charge in [-0.2, -0.15) is 4.31 Å². The number of carbonyl (C=O) groups is 2. The molecule has 1 aliphatic rings. The van der Waals surface area contributed by atoms with Crippen LogP contribution >= 0.6 is 0 Å². The first-order valence-corrected chi connectivity index (χ1v) is 11.7. The van der Waals surface area contributed by atoms with Gasteiger partial charge in [0.25, 0.3) is 5.91 Å². The minimum atomic E-state index is -3.58. The van der Waals surface area contributed by atoms with E-state index in [1.54, 1.807) is 31.2 Å². The minimum Gasteiger partial charge on any atom is -0.484 e. The number of nitrogens with one attached hydrogen (secondary N) is 1. The van der Waals surface area contributed by atoms with Crippen molar-refractivity contribution in [3.8, 4) is 5.75 Å². The Kier molecular flexibility index (Phi) is 8.20. The van der Waals surface area contributed by atoms with E-state index >= 15 is 0 Å². The van der Waals surface area contributed by atoms with Gasteiger partial charge >= 0.3 is 5.97 Å². The van der Waals surface area contributed by atoms with Crippen molar-refractivity contribution in [1.82, 2.24) is 4.31 Å². The standard InChI is InChI=1S/C22H26N2O7S/c1-2-30-22(26)15-17-3-5-18(6-4-17)23-21(25)16-31-19-7-9-20(10-8-19)32(27,28)24-11-13-29-14-12-24/h3-10H,2,11-16H2,1H3,(H,23,25). The number of sulfonamides is 1. The second-order valence-electron chi connectivity index (χ2n) is 7.00. The average Bonchev–Trinajstić information content (AvgIpc) is 2.80. The van der Waals surface area contributed by atoms with Gasteiger partial charge in [0.15, 0.2) is 6.61 Å². The third-order valence-corrected chi connectivity index (χ3v) is 6.61. The molecule has 1 fully saturated rings. The van der Waals surface area contributed by atoms with Crippen LogP contribution in [0.1, 0.15) is 12.5 Å². The number of amides is 1. The highest BCUT2D eigenvalue weighted by Gasteiger charge is 2.26. The number of ether oxygens (including phenoxy) is 3. The van der Waals surface area contributed by atoms with Gasteiger partial charge in [-0.3, -0.25) is 9.59 Å². The van der Waals surface area contributed by atoms with E-state index in [-0.39, 0.29) is 29.8 Å². The van der Waals surface area contributed by atoms with E-state index < -0.39 is 10.0 Å². The van der Waals surface area contributed by atoms with Crippen LogP contribution in [0.4, 0.5) is 5.69 Å². The molecule has 1 N–H and O–H groups in total. The predicted octanol–water partition coefficient (Wildman–Crippen LogP) is 1.83. The highest BCUT2D eigenvalue weighted by molar-refractivity contribution is 7.89. The molecule has 32 heavy (non-hydrogen) atoms. The zero-order valence-corrected chi connectivity index (χ0v) is 18.6. The van der Waals surface area contributed by atoms with Gasteiger partial charge in [-0.15, -0.1) is 0 Å². The fourth-order valence-electron chi connectivity index (χ4n) is 3.07. The molecule has 10 heteroatoms. The Morgan fingerprint density at radius 2 is 1.69 bits per heavy atom. The van der Waals surface area contributed by atoms with Crippen molar-refractivity contribution in [3.63, 3.8) is 0 Å². The van der Waals surface area contributed by atoms with Gasteiger partial charge in [0.2, 0.25) is 10.0 Å². The van der Waals surface area contributed by atoms with E-state index in [0.717, 1.165) is 5.56 Å². The quantitative estimate of drug-likeness (QED) is 0.566. The van der Waals surface area contributed by atoms with Crippen LogP contribution in [-0.4, -0.2) is 64.1 Å². The van der Waals surface area contributed by atoms with Gasteiger partial charge in [0.05, 0.1) is 31.1 Å². The zero-order valence-electron chi connectivity index (χ0n) is 17.8. The van der Waals surface area contributed by atoms with Crippen LogP contribution < -0.4 is 10.1 Å². The number of nitrogens with zero attached hydrogens (tertiary/aromatic N) is 1. The number of benzene rings is 2. The van der Waals surface area contributed by atoms with Crippen molar-refractivity contribution in [2.45, 2.75) is 18.2 Å². The summed E-state index contributed by atoms with van der Waals surface area (Å²) in [6, 6.07) is 12.8. The lowest BCUT2D eigenvalue weighted by molar-refractivity contribution is -0.142. The first-order valence-electron chi connectivity index (χ1n) is 10.2. The molecule has 1 aliphatic heterocycles. The van der Waals surface area contributed by atoms with Crippen molar-refractivity contribution < 1.29 is 32.2 Å². The van der Waals surface area contributed by atoms with Crippen molar-refractivity contribution in [1.29, 1.82) is 0 Å². The van der Waals surface area contributed by atoms with Crippen LogP contribution in [0.15, 0.2) is 53.4 Å². The Morgan fingerprint density at radius 1 is 1.03 bits per heavy atom. The highest BCUT2D eigenvalue weighted by atomic mass is 32.2. The largest absolute Gasteiger partial charge is 0.484 e.